The Morgan fingerprint density at radius 2 is 2.09 bits per heavy atom. The van der Waals surface area contributed by atoms with Crippen molar-refractivity contribution in [1.29, 1.82) is 0 Å². The van der Waals surface area contributed by atoms with Gasteiger partial charge in [-0.15, -0.1) is 0 Å². The monoisotopic (exact) mass is 403 g/mol. The number of hydrogen-bond donors (Lipinski definition) is 1. The highest BCUT2D eigenvalue weighted by molar-refractivity contribution is 9.10. The lowest BCUT2D eigenvalue weighted by Crippen LogP contribution is -2.41. The number of amides is 1. The fourth-order valence-corrected chi connectivity index (χ4v) is 3.13. The molecule has 1 fully saturated rings. The normalized spacial score (nSPS) is 16.0. The van der Waals surface area contributed by atoms with Gasteiger partial charge in [0.05, 0.1) is 5.02 Å². The predicted octanol–water partition coefficient (Wildman–Crippen LogP) is 3.47. The van der Waals surface area contributed by atoms with Gasteiger partial charge < -0.3 is 14.8 Å². The summed E-state index contributed by atoms with van der Waals surface area (Å²) in [5, 5.41) is 3.28. The average molecular weight is 405 g/mol. The smallest absolute Gasteiger partial charge is 0.344 e. The number of rotatable bonds is 6. The van der Waals surface area contributed by atoms with E-state index in [0.717, 1.165) is 30.2 Å². The van der Waals surface area contributed by atoms with Crippen molar-refractivity contribution in [1.82, 2.24) is 5.32 Å². The number of halogens is 2. The molecule has 0 heterocycles. The van der Waals surface area contributed by atoms with Crippen molar-refractivity contribution in [3.8, 4) is 5.75 Å². The van der Waals surface area contributed by atoms with E-state index in [0.29, 0.717) is 10.8 Å². The summed E-state index contributed by atoms with van der Waals surface area (Å²) in [5.74, 6) is -0.500. The molecule has 1 aliphatic rings. The Morgan fingerprint density at radius 1 is 1.39 bits per heavy atom. The number of benzene rings is 1. The van der Waals surface area contributed by atoms with Crippen LogP contribution in [0.15, 0.2) is 22.7 Å². The zero-order valence-electron chi connectivity index (χ0n) is 12.8. The lowest BCUT2D eigenvalue weighted by atomic mass is 10.2. The highest BCUT2D eigenvalue weighted by Crippen LogP contribution is 2.27. The Balaban J connectivity index is 1.75. The average Bonchev–Trinajstić information content (AvgIpc) is 2.99. The van der Waals surface area contributed by atoms with Crippen LogP contribution in [0.1, 0.15) is 32.6 Å². The standard InChI is InChI=1S/C16H19BrClNO4/c1-10(16(21)19-12-4-2-3-5-12)23-15(20)9-22-14-7-6-11(17)8-13(14)18/h6-8,10,12H,2-5,9H2,1H3,(H,19,21)/t10-/m0/s1. The second-order valence-electron chi connectivity index (χ2n) is 5.49. The maximum atomic E-state index is 11.9. The fourth-order valence-electron chi connectivity index (χ4n) is 2.40. The van der Waals surface area contributed by atoms with Crippen LogP contribution in [-0.2, 0) is 14.3 Å². The van der Waals surface area contributed by atoms with Gasteiger partial charge in [-0.3, -0.25) is 4.79 Å². The van der Waals surface area contributed by atoms with Gasteiger partial charge >= 0.3 is 5.97 Å². The molecule has 23 heavy (non-hydrogen) atoms. The van der Waals surface area contributed by atoms with Gasteiger partial charge in [0.2, 0.25) is 0 Å². The van der Waals surface area contributed by atoms with E-state index < -0.39 is 12.1 Å². The van der Waals surface area contributed by atoms with Gasteiger partial charge in [0.25, 0.3) is 5.91 Å². The molecule has 0 spiro atoms. The van der Waals surface area contributed by atoms with Crippen LogP contribution in [-0.4, -0.2) is 30.6 Å². The lowest BCUT2D eigenvalue weighted by Gasteiger charge is -2.17. The van der Waals surface area contributed by atoms with Gasteiger partial charge in [-0.25, -0.2) is 4.79 Å². The Bertz CT molecular complexity index is 575. The van der Waals surface area contributed by atoms with E-state index in [1.54, 1.807) is 25.1 Å². The SMILES string of the molecule is C[C@H](OC(=O)COc1ccc(Br)cc1Cl)C(=O)NC1CCCC1. The molecule has 1 amide bonds. The molecule has 1 aliphatic carbocycles. The Hall–Kier alpha value is -1.27. The first-order valence-corrected chi connectivity index (χ1v) is 8.70. The first-order chi connectivity index (χ1) is 11.0. The summed E-state index contributed by atoms with van der Waals surface area (Å²) >= 11 is 9.28. The van der Waals surface area contributed by atoms with E-state index >= 15 is 0 Å². The van der Waals surface area contributed by atoms with Gasteiger partial charge in [-0.1, -0.05) is 40.4 Å². The maximum absolute atomic E-state index is 11.9. The number of nitrogens with one attached hydrogen (secondary N) is 1. The fraction of sp³-hybridized carbons (Fsp3) is 0.500. The third kappa shape index (κ3) is 5.70. The van der Waals surface area contributed by atoms with Crippen LogP contribution in [0.2, 0.25) is 5.02 Å². The maximum Gasteiger partial charge on any atom is 0.344 e. The van der Waals surface area contributed by atoms with Crippen LogP contribution in [0.25, 0.3) is 0 Å². The molecule has 0 unspecified atom stereocenters. The molecule has 1 atom stereocenters. The number of ether oxygens (including phenoxy) is 2. The molecule has 0 saturated heterocycles. The largest absolute Gasteiger partial charge is 0.480 e. The molecular formula is C16H19BrClNO4. The number of hydrogen-bond acceptors (Lipinski definition) is 4. The summed E-state index contributed by atoms with van der Waals surface area (Å²) in [4.78, 5) is 23.7. The molecule has 0 radical (unpaired) electrons. The van der Waals surface area contributed by atoms with Gasteiger partial charge in [0.1, 0.15) is 5.75 Å². The third-order valence-corrected chi connectivity index (χ3v) is 4.41. The Morgan fingerprint density at radius 3 is 2.74 bits per heavy atom. The van der Waals surface area contributed by atoms with E-state index in [9.17, 15) is 9.59 Å². The molecule has 1 aromatic carbocycles. The molecule has 1 aromatic rings. The number of esters is 1. The van der Waals surface area contributed by atoms with E-state index in [-0.39, 0.29) is 18.6 Å². The van der Waals surface area contributed by atoms with E-state index in [4.69, 9.17) is 21.1 Å². The molecule has 126 valence electrons. The van der Waals surface area contributed by atoms with Crippen molar-refractivity contribution in [2.24, 2.45) is 0 Å². The summed E-state index contributed by atoms with van der Waals surface area (Å²) in [6, 6.07) is 5.27. The Kier molecular flexibility index (Phi) is 6.72. The van der Waals surface area contributed by atoms with Crippen LogP contribution < -0.4 is 10.1 Å². The van der Waals surface area contributed by atoms with Gasteiger partial charge in [-0.05, 0) is 38.0 Å². The highest BCUT2D eigenvalue weighted by Gasteiger charge is 2.23. The molecular weight excluding hydrogens is 386 g/mol. The molecule has 2 rings (SSSR count). The lowest BCUT2D eigenvalue weighted by molar-refractivity contribution is -0.156. The van der Waals surface area contributed by atoms with Crippen molar-refractivity contribution in [2.45, 2.75) is 44.8 Å². The summed E-state index contributed by atoms with van der Waals surface area (Å²) in [5.41, 5.74) is 0. The van der Waals surface area contributed by atoms with Crippen LogP contribution in [0, 0.1) is 0 Å². The number of carbonyl (C=O) groups is 2. The van der Waals surface area contributed by atoms with Crippen molar-refractivity contribution >= 4 is 39.4 Å². The molecule has 0 bridgehead atoms. The minimum absolute atomic E-state index is 0.196. The van der Waals surface area contributed by atoms with Crippen LogP contribution in [0.5, 0.6) is 5.75 Å². The molecule has 7 heteroatoms. The van der Waals surface area contributed by atoms with Crippen LogP contribution in [0.4, 0.5) is 0 Å². The first kappa shape index (κ1) is 18.1. The quantitative estimate of drug-likeness (QED) is 0.737. The molecule has 1 saturated carbocycles. The second kappa shape index (κ2) is 8.55. The third-order valence-electron chi connectivity index (χ3n) is 3.62. The molecule has 1 N–H and O–H groups in total. The minimum Gasteiger partial charge on any atom is -0.480 e. The van der Waals surface area contributed by atoms with Crippen molar-refractivity contribution in [2.75, 3.05) is 6.61 Å². The van der Waals surface area contributed by atoms with E-state index in [2.05, 4.69) is 21.2 Å². The topological polar surface area (TPSA) is 64.6 Å². The summed E-state index contributed by atoms with van der Waals surface area (Å²) < 4.78 is 11.2. The minimum atomic E-state index is -0.841. The first-order valence-electron chi connectivity index (χ1n) is 7.53. The second-order valence-corrected chi connectivity index (χ2v) is 6.81. The van der Waals surface area contributed by atoms with Gasteiger partial charge in [0.15, 0.2) is 12.7 Å². The van der Waals surface area contributed by atoms with Crippen LogP contribution >= 0.6 is 27.5 Å². The van der Waals surface area contributed by atoms with Gasteiger partial charge in [-0.2, -0.15) is 0 Å². The number of carbonyl (C=O) groups excluding carboxylic acids is 2. The zero-order valence-corrected chi connectivity index (χ0v) is 15.2. The van der Waals surface area contributed by atoms with Crippen molar-refractivity contribution in [3.63, 3.8) is 0 Å². The molecule has 0 aromatic heterocycles. The van der Waals surface area contributed by atoms with Crippen molar-refractivity contribution < 1.29 is 19.1 Å². The van der Waals surface area contributed by atoms with E-state index in [1.165, 1.54) is 0 Å². The van der Waals surface area contributed by atoms with E-state index in [1.807, 2.05) is 0 Å². The summed E-state index contributed by atoms with van der Waals surface area (Å²) in [6.07, 6.45) is 3.38. The van der Waals surface area contributed by atoms with Crippen LogP contribution in [0.3, 0.4) is 0 Å². The van der Waals surface area contributed by atoms with Gasteiger partial charge in [0, 0.05) is 10.5 Å². The Labute approximate surface area is 148 Å². The zero-order chi connectivity index (χ0) is 16.8. The predicted molar refractivity (Wildman–Crippen MR) is 90.6 cm³/mol. The van der Waals surface area contributed by atoms with Crippen molar-refractivity contribution in [3.05, 3.63) is 27.7 Å². The summed E-state index contributed by atoms with van der Waals surface area (Å²) in [7, 11) is 0. The molecule has 5 nitrogen and oxygen atoms in total. The highest BCUT2D eigenvalue weighted by atomic mass is 79.9. The summed E-state index contributed by atoms with van der Waals surface area (Å²) in [6.45, 7) is 1.25. The molecule has 0 aliphatic heterocycles.